The third kappa shape index (κ3) is 3.67. The van der Waals surface area contributed by atoms with Crippen molar-refractivity contribution in [3.63, 3.8) is 0 Å². The first-order valence-corrected chi connectivity index (χ1v) is 8.06. The Morgan fingerprint density at radius 3 is 2.43 bits per heavy atom. The van der Waals surface area contributed by atoms with Crippen LogP contribution in [0.5, 0.6) is 0 Å². The molecule has 122 valence electrons. The number of nitrogens with zero attached hydrogens (tertiary/aromatic N) is 4. The van der Waals surface area contributed by atoms with Gasteiger partial charge in [0.25, 0.3) is 0 Å². The number of anilines is 1. The lowest BCUT2D eigenvalue weighted by molar-refractivity contribution is -0.131. The van der Waals surface area contributed by atoms with E-state index < -0.39 is 11.7 Å². The second kappa shape index (κ2) is 7.73. The molecule has 0 bridgehead atoms. The average Bonchev–Trinajstić information content (AvgIpc) is 3.11. The summed E-state index contributed by atoms with van der Waals surface area (Å²) in [6, 6.07) is 5.26. The maximum Gasteiger partial charge on any atom is 0.247 e. The summed E-state index contributed by atoms with van der Waals surface area (Å²) in [5, 5.41) is 9.26. The summed E-state index contributed by atoms with van der Waals surface area (Å²) in [6.45, 7) is 6.97. The van der Waals surface area contributed by atoms with Gasteiger partial charge in [-0.15, -0.1) is 0 Å². The minimum Gasteiger partial charge on any atom is -0.357 e. The molecule has 1 aromatic rings. The first-order valence-electron chi connectivity index (χ1n) is 8.06. The normalized spacial score (nSPS) is 15.1. The fourth-order valence-electron chi connectivity index (χ4n) is 2.78. The number of ketones is 1. The van der Waals surface area contributed by atoms with Crippen LogP contribution in [0.15, 0.2) is 18.3 Å². The van der Waals surface area contributed by atoms with Crippen molar-refractivity contribution in [3.8, 4) is 6.07 Å². The largest absolute Gasteiger partial charge is 0.357 e. The van der Waals surface area contributed by atoms with Crippen molar-refractivity contribution < 1.29 is 9.59 Å². The predicted octanol–water partition coefficient (Wildman–Crippen LogP) is 1.87. The van der Waals surface area contributed by atoms with Gasteiger partial charge in [0.05, 0.1) is 6.07 Å². The second-order valence-corrected chi connectivity index (χ2v) is 5.54. The number of hydrogen-bond donors (Lipinski definition) is 0. The summed E-state index contributed by atoms with van der Waals surface area (Å²) < 4.78 is 0. The SMILES string of the molecule is CCN(CC)c1ccc(C(=O)[C@H](C#N)C(=O)N2CCCC2)cn1. The highest BCUT2D eigenvalue weighted by Crippen LogP contribution is 2.17. The maximum absolute atomic E-state index is 12.5. The van der Waals surface area contributed by atoms with Crippen LogP contribution in [0, 0.1) is 17.2 Å². The molecule has 2 rings (SSSR count). The molecule has 0 unspecified atom stereocenters. The number of aromatic nitrogens is 1. The highest BCUT2D eigenvalue weighted by Gasteiger charge is 2.32. The molecule has 1 fully saturated rings. The molecular weight excluding hydrogens is 292 g/mol. The smallest absolute Gasteiger partial charge is 0.247 e. The molecule has 1 aliphatic rings. The van der Waals surface area contributed by atoms with Crippen LogP contribution in [0.3, 0.4) is 0 Å². The van der Waals surface area contributed by atoms with E-state index >= 15 is 0 Å². The van der Waals surface area contributed by atoms with Gasteiger partial charge in [0.15, 0.2) is 11.7 Å². The Labute approximate surface area is 136 Å². The monoisotopic (exact) mass is 314 g/mol. The lowest BCUT2D eigenvalue weighted by Gasteiger charge is -2.20. The minimum atomic E-state index is -1.27. The van der Waals surface area contributed by atoms with Crippen LogP contribution in [0.25, 0.3) is 0 Å². The Hall–Kier alpha value is -2.42. The second-order valence-electron chi connectivity index (χ2n) is 5.54. The molecule has 1 aliphatic heterocycles. The van der Waals surface area contributed by atoms with Crippen molar-refractivity contribution in [1.82, 2.24) is 9.88 Å². The van der Waals surface area contributed by atoms with Crippen molar-refractivity contribution in [2.24, 2.45) is 5.92 Å². The number of pyridine rings is 1. The molecule has 0 aromatic carbocycles. The number of carbonyl (C=O) groups is 2. The van der Waals surface area contributed by atoms with E-state index in [1.165, 1.54) is 6.20 Å². The first-order chi connectivity index (χ1) is 11.1. The van der Waals surface area contributed by atoms with E-state index in [4.69, 9.17) is 0 Å². The highest BCUT2D eigenvalue weighted by atomic mass is 16.2. The van der Waals surface area contributed by atoms with E-state index in [0.29, 0.717) is 18.7 Å². The standard InChI is InChI=1S/C17H22N4O2/c1-3-20(4-2)15-8-7-13(12-19-15)16(22)14(11-18)17(23)21-9-5-6-10-21/h7-8,12,14H,3-6,9-10H2,1-2H3/t14-/m0/s1. The summed E-state index contributed by atoms with van der Waals surface area (Å²) in [7, 11) is 0. The van der Waals surface area contributed by atoms with Gasteiger partial charge in [0, 0.05) is 37.9 Å². The summed E-state index contributed by atoms with van der Waals surface area (Å²) in [4.78, 5) is 32.7. The lowest BCUT2D eigenvalue weighted by atomic mass is 9.98. The zero-order valence-electron chi connectivity index (χ0n) is 13.7. The van der Waals surface area contributed by atoms with Crippen molar-refractivity contribution in [2.45, 2.75) is 26.7 Å². The van der Waals surface area contributed by atoms with E-state index in [1.807, 2.05) is 19.9 Å². The number of hydrogen-bond acceptors (Lipinski definition) is 5. The zero-order valence-corrected chi connectivity index (χ0v) is 13.7. The number of amides is 1. The Kier molecular flexibility index (Phi) is 5.69. The van der Waals surface area contributed by atoms with Crippen LogP contribution in [0.4, 0.5) is 5.82 Å². The quantitative estimate of drug-likeness (QED) is 0.592. The molecule has 1 amide bonds. The summed E-state index contributed by atoms with van der Waals surface area (Å²) in [5.41, 5.74) is 0.306. The first kappa shape index (κ1) is 16.9. The molecular formula is C17H22N4O2. The van der Waals surface area contributed by atoms with Crippen LogP contribution in [-0.4, -0.2) is 47.8 Å². The Bertz CT molecular complexity index is 596. The molecule has 6 heteroatoms. The lowest BCUT2D eigenvalue weighted by Crippen LogP contribution is -2.37. The van der Waals surface area contributed by atoms with Crippen molar-refractivity contribution in [3.05, 3.63) is 23.9 Å². The third-order valence-corrected chi connectivity index (χ3v) is 4.18. The molecule has 0 aliphatic carbocycles. The van der Waals surface area contributed by atoms with Crippen molar-refractivity contribution >= 4 is 17.5 Å². The highest BCUT2D eigenvalue weighted by molar-refractivity contribution is 6.12. The van der Waals surface area contributed by atoms with Gasteiger partial charge < -0.3 is 9.80 Å². The zero-order chi connectivity index (χ0) is 16.8. The molecule has 0 spiro atoms. The molecule has 1 saturated heterocycles. The van der Waals surface area contributed by atoms with Gasteiger partial charge in [-0.1, -0.05) is 0 Å². The van der Waals surface area contributed by atoms with Crippen LogP contribution in [-0.2, 0) is 4.79 Å². The molecule has 2 heterocycles. The van der Waals surface area contributed by atoms with Crippen LogP contribution < -0.4 is 4.90 Å². The van der Waals surface area contributed by atoms with E-state index in [9.17, 15) is 14.9 Å². The molecule has 1 aromatic heterocycles. The van der Waals surface area contributed by atoms with Gasteiger partial charge in [-0.25, -0.2) is 4.98 Å². The number of carbonyl (C=O) groups excluding carboxylic acids is 2. The van der Waals surface area contributed by atoms with E-state index in [1.54, 1.807) is 17.0 Å². The number of likely N-dealkylation sites (tertiary alicyclic amines) is 1. The average molecular weight is 314 g/mol. The van der Waals surface area contributed by atoms with Gasteiger partial charge in [0.1, 0.15) is 5.82 Å². The van der Waals surface area contributed by atoms with Crippen molar-refractivity contribution in [2.75, 3.05) is 31.1 Å². The summed E-state index contributed by atoms with van der Waals surface area (Å²) >= 11 is 0. The fraction of sp³-hybridized carbons (Fsp3) is 0.529. The molecule has 0 N–H and O–H groups in total. The topological polar surface area (TPSA) is 77.3 Å². The molecule has 1 atom stereocenters. The number of rotatable bonds is 6. The summed E-state index contributed by atoms with van der Waals surface area (Å²) in [5.74, 6) is -1.34. The van der Waals surface area contributed by atoms with E-state index in [0.717, 1.165) is 31.7 Å². The Morgan fingerprint density at radius 2 is 1.96 bits per heavy atom. The van der Waals surface area contributed by atoms with Crippen LogP contribution in [0.1, 0.15) is 37.0 Å². The van der Waals surface area contributed by atoms with E-state index in [2.05, 4.69) is 9.88 Å². The van der Waals surface area contributed by atoms with Crippen LogP contribution >= 0.6 is 0 Å². The van der Waals surface area contributed by atoms with Crippen molar-refractivity contribution in [1.29, 1.82) is 5.26 Å². The minimum absolute atomic E-state index is 0.306. The van der Waals surface area contributed by atoms with Gasteiger partial charge in [0.2, 0.25) is 5.91 Å². The predicted molar refractivity (Wildman–Crippen MR) is 87.0 cm³/mol. The van der Waals surface area contributed by atoms with Gasteiger partial charge >= 0.3 is 0 Å². The molecule has 23 heavy (non-hydrogen) atoms. The number of nitriles is 1. The fourth-order valence-corrected chi connectivity index (χ4v) is 2.78. The van der Waals surface area contributed by atoms with Gasteiger partial charge in [-0.05, 0) is 38.8 Å². The molecule has 0 radical (unpaired) electrons. The summed E-state index contributed by atoms with van der Waals surface area (Å²) in [6.07, 6.45) is 3.31. The molecule has 0 saturated carbocycles. The maximum atomic E-state index is 12.5. The van der Waals surface area contributed by atoms with E-state index in [-0.39, 0.29) is 5.91 Å². The Morgan fingerprint density at radius 1 is 1.30 bits per heavy atom. The Balaban J connectivity index is 2.14. The van der Waals surface area contributed by atoms with Crippen LogP contribution in [0.2, 0.25) is 0 Å². The van der Waals surface area contributed by atoms with Gasteiger partial charge in [-0.3, -0.25) is 9.59 Å². The molecule has 6 nitrogen and oxygen atoms in total. The van der Waals surface area contributed by atoms with Gasteiger partial charge in [-0.2, -0.15) is 5.26 Å². The third-order valence-electron chi connectivity index (χ3n) is 4.18. The number of Topliss-reactive ketones (excluding diaryl/α,β-unsaturated/α-hetero) is 1.